The quantitative estimate of drug-likeness (QED) is 0.570. The molecule has 4 aliphatic carbocycles. The second-order valence-electron chi connectivity index (χ2n) is 9.95. The van der Waals surface area contributed by atoms with Gasteiger partial charge in [-0.05, 0) is 96.7 Å². The molecular formula is C24H33N. The summed E-state index contributed by atoms with van der Waals surface area (Å²) in [5, 5.41) is 0. The highest BCUT2D eigenvalue weighted by Gasteiger charge is 2.57. The first-order valence-corrected chi connectivity index (χ1v) is 10.7. The SMILES string of the molecule is C[C@]12CCCCC1CC[C@@H]1[C@@H]2CC[C@]2(C)C(c3cccnc3)=CC[C@@H]12. The van der Waals surface area contributed by atoms with Crippen molar-refractivity contribution in [3.05, 3.63) is 36.2 Å². The van der Waals surface area contributed by atoms with Gasteiger partial charge >= 0.3 is 0 Å². The summed E-state index contributed by atoms with van der Waals surface area (Å²) in [6.45, 7) is 5.26. The molecule has 6 atom stereocenters. The summed E-state index contributed by atoms with van der Waals surface area (Å²) >= 11 is 0. The van der Waals surface area contributed by atoms with Gasteiger partial charge in [-0.15, -0.1) is 0 Å². The van der Waals surface area contributed by atoms with Crippen molar-refractivity contribution in [1.29, 1.82) is 0 Å². The predicted molar refractivity (Wildman–Crippen MR) is 104 cm³/mol. The number of rotatable bonds is 1. The van der Waals surface area contributed by atoms with Gasteiger partial charge < -0.3 is 0 Å². The Hall–Kier alpha value is -1.11. The van der Waals surface area contributed by atoms with Gasteiger partial charge in [0.25, 0.3) is 0 Å². The standard InChI is InChI=1S/C24H33N/c1-23-13-4-3-7-18(23)8-9-19-21-11-10-20(17-6-5-15-25-16-17)24(21,2)14-12-22(19)23/h5-6,10,15-16,18-19,21-22H,3-4,7-9,11-14H2,1-2H3/t18?,19-,21-,22-,23-,24+/m0/s1. The molecule has 4 aliphatic rings. The molecule has 1 heterocycles. The second-order valence-corrected chi connectivity index (χ2v) is 9.95. The third kappa shape index (κ3) is 2.23. The minimum Gasteiger partial charge on any atom is -0.264 e. The molecule has 0 amide bonds. The maximum Gasteiger partial charge on any atom is 0.0343 e. The Labute approximate surface area is 153 Å². The molecule has 134 valence electrons. The highest BCUT2D eigenvalue weighted by Crippen LogP contribution is 2.67. The van der Waals surface area contributed by atoms with Crippen LogP contribution in [0, 0.1) is 34.5 Å². The summed E-state index contributed by atoms with van der Waals surface area (Å²) < 4.78 is 0. The first-order chi connectivity index (χ1) is 12.1. The zero-order valence-corrected chi connectivity index (χ0v) is 16.0. The molecule has 5 rings (SSSR count). The average Bonchev–Trinajstić information content (AvgIpc) is 2.99. The van der Waals surface area contributed by atoms with E-state index in [2.05, 4.69) is 43.2 Å². The van der Waals surface area contributed by atoms with E-state index in [1.807, 2.05) is 6.20 Å². The zero-order valence-electron chi connectivity index (χ0n) is 16.0. The second kappa shape index (κ2) is 5.69. The van der Waals surface area contributed by atoms with Gasteiger partial charge in [0.1, 0.15) is 0 Å². The number of aromatic nitrogens is 1. The van der Waals surface area contributed by atoms with Gasteiger partial charge in [0.05, 0.1) is 0 Å². The number of nitrogens with zero attached hydrogens (tertiary/aromatic N) is 1. The van der Waals surface area contributed by atoms with Crippen LogP contribution in [0.5, 0.6) is 0 Å². The lowest BCUT2D eigenvalue weighted by Gasteiger charge is -2.60. The third-order valence-corrected chi connectivity index (χ3v) is 9.14. The van der Waals surface area contributed by atoms with E-state index in [0.29, 0.717) is 10.8 Å². The lowest BCUT2D eigenvalue weighted by molar-refractivity contribution is -0.0953. The summed E-state index contributed by atoms with van der Waals surface area (Å²) in [4.78, 5) is 4.40. The van der Waals surface area contributed by atoms with Gasteiger partial charge in [-0.2, -0.15) is 0 Å². The van der Waals surface area contributed by atoms with Crippen LogP contribution in [0.25, 0.3) is 5.57 Å². The molecule has 1 nitrogen and oxygen atoms in total. The molecule has 1 aromatic rings. The van der Waals surface area contributed by atoms with E-state index >= 15 is 0 Å². The Balaban J connectivity index is 1.46. The molecule has 1 aromatic heterocycles. The zero-order chi connectivity index (χ0) is 17.1. The first kappa shape index (κ1) is 16.1. The van der Waals surface area contributed by atoms with E-state index in [9.17, 15) is 0 Å². The molecular weight excluding hydrogens is 302 g/mol. The normalized spacial score (nSPS) is 45.9. The molecule has 3 saturated carbocycles. The largest absolute Gasteiger partial charge is 0.264 e. The van der Waals surface area contributed by atoms with Crippen molar-refractivity contribution in [3.63, 3.8) is 0 Å². The van der Waals surface area contributed by atoms with Gasteiger partial charge in [0, 0.05) is 12.4 Å². The molecule has 0 N–H and O–H groups in total. The summed E-state index contributed by atoms with van der Waals surface area (Å²) in [5.41, 5.74) is 4.03. The van der Waals surface area contributed by atoms with Crippen molar-refractivity contribution in [3.8, 4) is 0 Å². The van der Waals surface area contributed by atoms with Gasteiger partial charge in [0.15, 0.2) is 0 Å². The molecule has 0 spiro atoms. The van der Waals surface area contributed by atoms with E-state index in [0.717, 1.165) is 23.7 Å². The van der Waals surface area contributed by atoms with Crippen molar-refractivity contribution in [2.24, 2.45) is 34.5 Å². The van der Waals surface area contributed by atoms with E-state index in [1.54, 1.807) is 5.57 Å². The van der Waals surface area contributed by atoms with Crippen LogP contribution in [0.4, 0.5) is 0 Å². The minimum absolute atomic E-state index is 0.391. The van der Waals surface area contributed by atoms with Crippen LogP contribution in [0.2, 0.25) is 0 Å². The molecule has 0 saturated heterocycles. The Morgan fingerprint density at radius 1 is 1.00 bits per heavy atom. The summed E-state index contributed by atoms with van der Waals surface area (Å²) in [7, 11) is 0. The smallest absolute Gasteiger partial charge is 0.0343 e. The van der Waals surface area contributed by atoms with Crippen LogP contribution < -0.4 is 0 Å². The van der Waals surface area contributed by atoms with E-state index in [4.69, 9.17) is 0 Å². The molecule has 1 heteroatoms. The number of hydrogen-bond donors (Lipinski definition) is 0. The highest BCUT2D eigenvalue weighted by molar-refractivity contribution is 5.72. The van der Waals surface area contributed by atoms with Gasteiger partial charge in [0.2, 0.25) is 0 Å². The van der Waals surface area contributed by atoms with E-state index < -0.39 is 0 Å². The fraction of sp³-hybridized carbons (Fsp3) is 0.708. The van der Waals surface area contributed by atoms with Gasteiger partial charge in [-0.1, -0.05) is 38.8 Å². The molecule has 0 bridgehead atoms. The third-order valence-electron chi connectivity index (χ3n) is 9.14. The summed E-state index contributed by atoms with van der Waals surface area (Å²) in [6.07, 6.45) is 19.7. The van der Waals surface area contributed by atoms with Crippen LogP contribution >= 0.6 is 0 Å². The molecule has 0 aromatic carbocycles. The monoisotopic (exact) mass is 335 g/mol. The van der Waals surface area contributed by atoms with Crippen LogP contribution in [-0.2, 0) is 0 Å². The van der Waals surface area contributed by atoms with Crippen LogP contribution in [0.1, 0.15) is 77.2 Å². The van der Waals surface area contributed by atoms with Crippen molar-refractivity contribution in [2.75, 3.05) is 0 Å². The summed E-state index contributed by atoms with van der Waals surface area (Å²) in [5.74, 6) is 3.86. The lowest BCUT2D eigenvalue weighted by Crippen LogP contribution is -2.52. The van der Waals surface area contributed by atoms with Crippen molar-refractivity contribution in [2.45, 2.75) is 71.6 Å². The Morgan fingerprint density at radius 3 is 2.76 bits per heavy atom. The molecule has 0 aliphatic heterocycles. The topological polar surface area (TPSA) is 12.9 Å². The minimum atomic E-state index is 0.391. The van der Waals surface area contributed by atoms with Crippen molar-refractivity contribution in [1.82, 2.24) is 4.98 Å². The fourth-order valence-corrected chi connectivity index (χ4v) is 7.83. The van der Waals surface area contributed by atoms with Gasteiger partial charge in [-0.3, -0.25) is 4.98 Å². The van der Waals surface area contributed by atoms with Crippen LogP contribution in [0.3, 0.4) is 0 Å². The predicted octanol–water partition coefficient (Wildman–Crippen LogP) is 6.51. The first-order valence-electron chi connectivity index (χ1n) is 10.7. The maximum absolute atomic E-state index is 4.40. The molecule has 1 unspecified atom stereocenters. The Kier molecular flexibility index (Phi) is 3.67. The number of pyridine rings is 1. The highest BCUT2D eigenvalue weighted by atomic mass is 14.6. The lowest BCUT2D eigenvalue weighted by atomic mass is 9.45. The van der Waals surface area contributed by atoms with Crippen molar-refractivity contribution >= 4 is 5.57 Å². The van der Waals surface area contributed by atoms with E-state index in [-0.39, 0.29) is 0 Å². The molecule has 3 fully saturated rings. The Bertz CT molecular complexity index is 677. The number of allylic oxidation sites excluding steroid dienone is 2. The van der Waals surface area contributed by atoms with Crippen LogP contribution in [-0.4, -0.2) is 4.98 Å². The fourth-order valence-electron chi connectivity index (χ4n) is 7.83. The average molecular weight is 336 g/mol. The Morgan fingerprint density at radius 2 is 1.92 bits per heavy atom. The molecule has 25 heavy (non-hydrogen) atoms. The van der Waals surface area contributed by atoms with Crippen molar-refractivity contribution < 1.29 is 0 Å². The maximum atomic E-state index is 4.40. The van der Waals surface area contributed by atoms with Crippen LogP contribution in [0.15, 0.2) is 30.6 Å². The number of fused-ring (bicyclic) bond motifs is 5. The number of hydrogen-bond acceptors (Lipinski definition) is 1. The van der Waals surface area contributed by atoms with E-state index in [1.165, 1.54) is 63.4 Å². The summed E-state index contributed by atoms with van der Waals surface area (Å²) in [6, 6.07) is 4.38. The van der Waals surface area contributed by atoms with Gasteiger partial charge in [-0.25, -0.2) is 0 Å². The molecule has 0 radical (unpaired) electrons.